The van der Waals surface area contributed by atoms with Crippen LogP contribution in [0.1, 0.15) is 29.3 Å². The highest BCUT2D eigenvalue weighted by atomic mass is 16.3. The lowest BCUT2D eigenvalue weighted by atomic mass is 9.96. The Morgan fingerprint density at radius 2 is 1.97 bits per heavy atom. The average molecular weight is 390 g/mol. The van der Waals surface area contributed by atoms with E-state index in [2.05, 4.69) is 29.2 Å². The molecular weight excluding hydrogens is 364 g/mol. The maximum Gasteiger partial charge on any atom is 0.227 e. The van der Waals surface area contributed by atoms with E-state index in [-0.39, 0.29) is 18.1 Å². The fourth-order valence-corrected chi connectivity index (χ4v) is 4.83. The van der Waals surface area contributed by atoms with Gasteiger partial charge in [-0.25, -0.2) is 0 Å². The molecule has 2 atom stereocenters. The maximum absolute atomic E-state index is 13.4. The summed E-state index contributed by atoms with van der Waals surface area (Å²) in [5.41, 5.74) is 2.19. The molecule has 0 aliphatic carbocycles. The number of likely N-dealkylation sites (tertiary alicyclic amines) is 1. The molecule has 0 radical (unpaired) electrons. The quantitative estimate of drug-likeness (QED) is 0.744. The number of benzene rings is 2. The second kappa shape index (κ2) is 7.65. The molecule has 1 saturated heterocycles. The fraction of sp³-hybridized carbons (Fsp3) is 0.375. The minimum Gasteiger partial charge on any atom is -0.469 e. The normalized spacial score (nSPS) is 22.2. The van der Waals surface area contributed by atoms with Gasteiger partial charge in [-0.1, -0.05) is 42.5 Å². The monoisotopic (exact) mass is 390 g/mol. The molecule has 1 fully saturated rings. The molecule has 2 aliphatic heterocycles. The van der Waals surface area contributed by atoms with Gasteiger partial charge in [-0.15, -0.1) is 0 Å². The summed E-state index contributed by atoms with van der Waals surface area (Å²) < 4.78 is 5.67. The number of amides is 1. The van der Waals surface area contributed by atoms with Crippen molar-refractivity contribution in [2.45, 2.75) is 31.4 Å². The Bertz CT molecular complexity index is 1020. The van der Waals surface area contributed by atoms with Gasteiger partial charge in [-0.2, -0.15) is 0 Å². The van der Waals surface area contributed by atoms with Crippen molar-refractivity contribution in [2.24, 2.45) is 0 Å². The van der Waals surface area contributed by atoms with Crippen LogP contribution in [0.2, 0.25) is 0 Å². The van der Waals surface area contributed by atoms with E-state index in [1.807, 2.05) is 29.2 Å². The van der Waals surface area contributed by atoms with Crippen LogP contribution >= 0.6 is 0 Å². The van der Waals surface area contributed by atoms with Crippen molar-refractivity contribution in [3.05, 3.63) is 71.7 Å². The van der Waals surface area contributed by atoms with Crippen LogP contribution in [0.3, 0.4) is 0 Å². The first-order valence-corrected chi connectivity index (χ1v) is 10.4. The van der Waals surface area contributed by atoms with Crippen LogP contribution in [0.25, 0.3) is 10.8 Å². The minimum absolute atomic E-state index is 0.0229. The SMILES string of the molecule is O=C(Cc1cccc2ccccc12)N1CCc2occc2C1CN1CCC(O)C1. The van der Waals surface area contributed by atoms with E-state index in [1.165, 1.54) is 0 Å². The molecule has 0 spiro atoms. The van der Waals surface area contributed by atoms with Gasteiger partial charge in [-0.3, -0.25) is 9.69 Å². The van der Waals surface area contributed by atoms with Crippen molar-refractivity contribution in [3.8, 4) is 0 Å². The molecular formula is C24H26N2O3. The minimum atomic E-state index is -0.262. The summed E-state index contributed by atoms with van der Waals surface area (Å²) in [4.78, 5) is 17.7. The molecule has 2 aromatic carbocycles. The van der Waals surface area contributed by atoms with Crippen LogP contribution in [0.4, 0.5) is 0 Å². The lowest BCUT2D eigenvalue weighted by molar-refractivity contribution is -0.133. The first-order valence-electron chi connectivity index (χ1n) is 10.4. The fourth-order valence-electron chi connectivity index (χ4n) is 4.83. The van der Waals surface area contributed by atoms with E-state index in [4.69, 9.17) is 4.42 Å². The summed E-state index contributed by atoms with van der Waals surface area (Å²) in [6, 6.07) is 16.4. The van der Waals surface area contributed by atoms with Crippen LogP contribution < -0.4 is 0 Å². The van der Waals surface area contributed by atoms with Crippen molar-refractivity contribution in [2.75, 3.05) is 26.2 Å². The number of aliphatic hydroxyl groups excluding tert-OH is 1. The number of furan rings is 1. The van der Waals surface area contributed by atoms with Gasteiger partial charge in [-0.05, 0) is 28.8 Å². The molecule has 2 aliphatic rings. The van der Waals surface area contributed by atoms with Crippen LogP contribution in [0.15, 0.2) is 59.2 Å². The third kappa shape index (κ3) is 3.56. The van der Waals surface area contributed by atoms with E-state index in [0.29, 0.717) is 19.5 Å². The first kappa shape index (κ1) is 18.4. The second-order valence-corrected chi connectivity index (χ2v) is 8.17. The van der Waals surface area contributed by atoms with Crippen molar-refractivity contribution in [1.29, 1.82) is 0 Å². The predicted octanol–water partition coefficient (Wildman–Crippen LogP) is 3.17. The number of hydrogen-bond donors (Lipinski definition) is 1. The predicted molar refractivity (Wildman–Crippen MR) is 112 cm³/mol. The second-order valence-electron chi connectivity index (χ2n) is 8.17. The van der Waals surface area contributed by atoms with Gasteiger partial charge in [0, 0.05) is 38.2 Å². The van der Waals surface area contributed by atoms with Crippen molar-refractivity contribution < 1.29 is 14.3 Å². The van der Waals surface area contributed by atoms with Gasteiger partial charge in [0.05, 0.1) is 24.8 Å². The van der Waals surface area contributed by atoms with E-state index >= 15 is 0 Å². The summed E-state index contributed by atoms with van der Waals surface area (Å²) >= 11 is 0. The third-order valence-corrected chi connectivity index (χ3v) is 6.32. The number of carbonyl (C=O) groups excluding carboxylic acids is 1. The smallest absolute Gasteiger partial charge is 0.227 e. The largest absolute Gasteiger partial charge is 0.469 e. The lowest BCUT2D eigenvalue weighted by Crippen LogP contribution is -2.45. The van der Waals surface area contributed by atoms with Crippen molar-refractivity contribution in [3.63, 3.8) is 0 Å². The van der Waals surface area contributed by atoms with Gasteiger partial charge in [0.1, 0.15) is 5.76 Å². The Hall–Kier alpha value is -2.63. The number of nitrogens with zero attached hydrogens (tertiary/aromatic N) is 2. The third-order valence-electron chi connectivity index (χ3n) is 6.32. The number of β-amino-alcohol motifs (C(OH)–C–C–N with tert-alkyl or cyclic N) is 1. The Balaban J connectivity index is 1.41. The number of hydrogen-bond acceptors (Lipinski definition) is 4. The number of aliphatic hydroxyl groups is 1. The molecule has 1 N–H and O–H groups in total. The molecule has 0 bridgehead atoms. The molecule has 1 amide bonds. The number of fused-ring (bicyclic) bond motifs is 2. The maximum atomic E-state index is 13.4. The summed E-state index contributed by atoms with van der Waals surface area (Å²) in [6.45, 7) is 2.96. The van der Waals surface area contributed by atoms with Crippen LogP contribution in [-0.2, 0) is 17.6 Å². The van der Waals surface area contributed by atoms with Gasteiger partial charge in [0.2, 0.25) is 5.91 Å². The molecule has 3 aromatic rings. The molecule has 150 valence electrons. The lowest BCUT2D eigenvalue weighted by Gasteiger charge is -2.37. The number of rotatable bonds is 4. The van der Waals surface area contributed by atoms with Gasteiger partial charge >= 0.3 is 0 Å². The zero-order valence-corrected chi connectivity index (χ0v) is 16.5. The van der Waals surface area contributed by atoms with Crippen LogP contribution in [0.5, 0.6) is 0 Å². The number of carbonyl (C=O) groups is 1. The highest BCUT2D eigenvalue weighted by Gasteiger charge is 2.35. The summed E-state index contributed by atoms with van der Waals surface area (Å²) in [5, 5.41) is 12.2. The molecule has 3 heterocycles. The van der Waals surface area contributed by atoms with Gasteiger partial charge < -0.3 is 14.4 Å². The molecule has 5 rings (SSSR count). The Morgan fingerprint density at radius 3 is 2.83 bits per heavy atom. The van der Waals surface area contributed by atoms with Crippen LogP contribution in [0, 0.1) is 0 Å². The Labute approximate surface area is 170 Å². The first-order chi connectivity index (χ1) is 14.2. The molecule has 0 saturated carbocycles. The van der Waals surface area contributed by atoms with E-state index in [1.54, 1.807) is 6.26 Å². The van der Waals surface area contributed by atoms with Crippen LogP contribution in [-0.4, -0.2) is 53.1 Å². The molecule has 5 nitrogen and oxygen atoms in total. The van der Waals surface area contributed by atoms with Gasteiger partial charge in [0.15, 0.2) is 0 Å². The molecule has 5 heteroatoms. The van der Waals surface area contributed by atoms with E-state index in [0.717, 1.165) is 53.6 Å². The summed E-state index contributed by atoms with van der Waals surface area (Å²) in [6.07, 6.45) is 3.42. The van der Waals surface area contributed by atoms with E-state index in [9.17, 15) is 9.90 Å². The zero-order valence-electron chi connectivity index (χ0n) is 16.5. The Morgan fingerprint density at radius 1 is 1.10 bits per heavy atom. The summed E-state index contributed by atoms with van der Waals surface area (Å²) in [7, 11) is 0. The zero-order chi connectivity index (χ0) is 19.8. The van der Waals surface area contributed by atoms with Crippen molar-refractivity contribution >= 4 is 16.7 Å². The highest BCUT2D eigenvalue weighted by Crippen LogP contribution is 2.33. The summed E-state index contributed by atoms with van der Waals surface area (Å²) in [5.74, 6) is 1.14. The average Bonchev–Trinajstić information content (AvgIpc) is 3.37. The molecule has 1 aromatic heterocycles. The van der Waals surface area contributed by atoms with Gasteiger partial charge in [0.25, 0.3) is 0 Å². The molecule has 29 heavy (non-hydrogen) atoms. The highest BCUT2D eigenvalue weighted by molar-refractivity contribution is 5.90. The van der Waals surface area contributed by atoms with E-state index < -0.39 is 0 Å². The van der Waals surface area contributed by atoms with Crippen molar-refractivity contribution in [1.82, 2.24) is 9.80 Å². The topological polar surface area (TPSA) is 56.9 Å². The molecule has 2 unspecified atom stereocenters. The Kier molecular flexibility index (Phi) is 4.86. The standard InChI is InChI=1S/C24H26N2O3/c27-19-8-11-25(15-19)16-22-21-10-13-29-23(21)9-12-26(22)24(28)14-18-6-3-5-17-4-1-2-7-20(17)18/h1-7,10,13,19,22,27H,8-9,11-12,14-16H2.